The van der Waals surface area contributed by atoms with Gasteiger partial charge in [-0.3, -0.25) is 0 Å². The second kappa shape index (κ2) is 11.1. The van der Waals surface area contributed by atoms with Crippen molar-refractivity contribution in [1.82, 2.24) is 20.4 Å². The number of nitrogens with one attached hydrogen (secondary N) is 2. The minimum absolute atomic E-state index is 0.102. The van der Waals surface area contributed by atoms with Gasteiger partial charge >= 0.3 is 6.03 Å². The van der Waals surface area contributed by atoms with Gasteiger partial charge in [-0.15, -0.1) is 0 Å². The van der Waals surface area contributed by atoms with Crippen LogP contribution in [-0.4, -0.2) is 68.8 Å². The lowest BCUT2D eigenvalue weighted by molar-refractivity contribution is 0.135. The number of unbranched alkanes of at least 4 members (excludes halogenated alkanes) is 1. The third-order valence-corrected chi connectivity index (χ3v) is 5.30. The quantitative estimate of drug-likeness (QED) is 0.651. The Morgan fingerprint density at radius 3 is 2.56 bits per heavy atom. The number of methoxy groups -OCH3 is 1. The summed E-state index contributed by atoms with van der Waals surface area (Å²) in [5.74, 6) is 0.802. The van der Waals surface area contributed by atoms with Crippen LogP contribution in [0.4, 0.5) is 4.79 Å². The van der Waals surface area contributed by atoms with Crippen LogP contribution in [-0.2, 0) is 0 Å². The topological polar surface area (TPSA) is 56.8 Å². The number of hydrogen-bond donors (Lipinski definition) is 2. The highest BCUT2D eigenvalue weighted by Crippen LogP contribution is 2.25. The molecule has 1 atom stereocenters. The largest absolute Gasteiger partial charge is 0.496 e. The van der Waals surface area contributed by atoms with Crippen molar-refractivity contribution in [2.24, 2.45) is 0 Å². The Kier molecular flexibility index (Phi) is 8.88. The molecule has 2 N–H and O–H groups in total. The molecule has 0 saturated carbocycles. The van der Waals surface area contributed by atoms with E-state index in [0.29, 0.717) is 6.54 Å². The summed E-state index contributed by atoms with van der Waals surface area (Å²) >= 11 is 0. The summed E-state index contributed by atoms with van der Waals surface area (Å²) in [4.78, 5) is 17.2. The van der Waals surface area contributed by atoms with E-state index in [4.69, 9.17) is 4.74 Å². The summed E-state index contributed by atoms with van der Waals surface area (Å²) in [6.45, 7) is 13.9. The van der Waals surface area contributed by atoms with Crippen LogP contribution in [0, 0.1) is 6.92 Å². The van der Waals surface area contributed by atoms with Gasteiger partial charge in [0.1, 0.15) is 5.75 Å². The molecule has 0 aliphatic carbocycles. The van der Waals surface area contributed by atoms with Gasteiger partial charge < -0.3 is 25.2 Å². The molecule has 6 nitrogen and oxygen atoms in total. The molecule has 1 heterocycles. The van der Waals surface area contributed by atoms with E-state index in [2.05, 4.69) is 33.4 Å². The average molecular weight is 377 g/mol. The van der Waals surface area contributed by atoms with Gasteiger partial charge in [0.15, 0.2) is 0 Å². The molecule has 2 amide bonds. The number of benzene rings is 1. The Morgan fingerprint density at radius 1 is 1.19 bits per heavy atom. The van der Waals surface area contributed by atoms with E-state index in [1.807, 2.05) is 26.0 Å². The Morgan fingerprint density at radius 2 is 1.89 bits per heavy atom. The maximum atomic E-state index is 12.2. The summed E-state index contributed by atoms with van der Waals surface area (Å²) in [7, 11) is 1.66. The number of nitrogens with zero attached hydrogens (tertiary/aromatic N) is 2. The van der Waals surface area contributed by atoms with E-state index in [9.17, 15) is 4.79 Å². The summed E-state index contributed by atoms with van der Waals surface area (Å²) in [5, 5.41) is 5.98. The first-order valence-electron chi connectivity index (χ1n) is 10.2. The molecule has 27 heavy (non-hydrogen) atoms. The zero-order valence-electron chi connectivity index (χ0n) is 17.4. The van der Waals surface area contributed by atoms with Gasteiger partial charge in [-0.2, -0.15) is 0 Å². The molecule has 1 aromatic carbocycles. The lowest BCUT2D eigenvalue weighted by Gasteiger charge is -2.33. The van der Waals surface area contributed by atoms with Crippen LogP contribution < -0.4 is 15.4 Å². The normalized spacial score (nSPS) is 16.7. The fourth-order valence-electron chi connectivity index (χ4n) is 3.51. The minimum Gasteiger partial charge on any atom is -0.496 e. The molecule has 152 valence electrons. The SMILES string of the molecule is CCN1CCN(CCCCNC(=O)NC(C)c2cc(C)ccc2OC)CC1. The van der Waals surface area contributed by atoms with Crippen molar-refractivity contribution in [1.29, 1.82) is 0 Å². The number of likely N-dealkylation sites (N-methyl/N-ethyl adjacent to an activating group) is 1. The van der Waals surface area contributed by atoms with Crippen LogP contribution in [0.5, 0.6) is 5.75 Å². The van der Waals surface area contributed by atoms with Gasteiger partial charge in [0.05, 0.1) is 13.2 Å². The second-order valence-corrected chi connectivity index (χ2v) is 7.35. The number of urea groups is 1. The van der Waals surface area contributed by atoms with E-state index < -0.39 is 0 Å². The smallest absolute Gasteiger partial charge is 0.315 e. The van der Waals surface area contributed by atoms with Crippen molar-refractivity contribution in [3.05, 3.63) is 29.3 Å². The van der Waals surface area contributed by atoms with Crippen molar-refractivity contribution in [2.75, 3.05) is 52.9 Å². The summed E-state index contributed by atoms with van der Waals surface area (Å²) in [5.41, 5.74) is 2.15. The number of piperazine rings is 1. The molecule has 1 aromatic rings. The van der Waals surface area contributed by atoms with Crippen molar-refractivity contribution >= 4 is 6.03 Å². The second-order valence-electron chi connectivity index (χ2n) is 7.35. The molecule has 0 aromatic heterocycles. The van der Waals surface area contributed by atoms with Crippen molar-refractivity contribution in [3.63, 3.8) is 0 Å². The maximum Gasteiger partial charge on any atom is 0.315 e. The van der Waals surface area contributed by atoms with Crippen LogP contribution in [0.1, 0.15) is 43.9 Å². The predicted molar refractivity (Wildman–Crippen MR) is 110 cm³/mol. The van der Waals surface area contributed by atoms with Gasteiger partial charge in [0.25, 0.3) is 0 Å². The van der Waals surface area contributed by atoms with Crippen molar-refractivity contribution < 1.29 is 9.53 Å². The minimum atomic E-state index is -0.123. The van der Waals surface area contributed by atoms with Gasteiger partial charge in [-0.1, -0.05) is 24.6 Å². The fraction of sp³-hybridized carbons (Fsp3) is 0.667. The third-order valence-electron chi connectivity index (χ3n) is 5.30. The van der Waals surface area contributed by atoms with Gasteiger partial charge in [0, 0.05) is 38.3 Å². The lowest BCUT2D eigenvalue weighted by Crippen LogP contribution is -2.46. The molecule has 1 aliphatic rings. The number of rotatable bonds is 9. The van der Waals surface area contributed by atoms with Crippen molar-refractivity contribution in [2.45, 2.75) is 39.7 Å². The molecule has 1 aliphatic heterocycles. The Balaban J connectivity index is 1.63. The van der Waals surface area contributed by atoms with Crippen molar-refractivity contribution in [3.8, 4) is 5.75 Å². The summed E-state index contributed by atoms with van der Waals surface area (Å²) in [6, 6.07) is 5.79. The van der Waals surface area contributed by atoms with E-state index >= 15 is 0 Å². The van der Waals surface area contributed by atoms with Crippen LogP contribution in [0.3, 0.4) is 0 Å². The zero-order valence-corrected chi connectivity index (χ0v) is 17.4. The maximum absolute atomic E-state index is 12.2. The molecule has 0 spiro atoms. The number of carbonyl (C=O) groups excluding carboxylic acids is 1. The first-order valence-corrected chi connectivity index (χ1v) is 10.2. The van der Waals surface area contributed by atoms with E-state index in [-0.39, 0.29) is 12.1 Å². The Hall–Kier alpha value is -1.79. The molecule has 1 fully saturated rings. The first kappa shape index (κ1) is 21.5. The van der Waals surface area contributed by atoms with E-state index in [1.165, 1.54) is 13.1 Å². The first-order chi connectivity index (χ1) is 13.0. The molecular formula is C21H36N4O2. The lowest BCUT2D eigenvalue weighted by atomic mass is 10.0. The van der Waals surface area contributed by atoms with Crippen LogP contribution in [0.25, 0.3) is 0 Å². The molecule has 0 radical (unpaired) electrons. The third kappa shape index (κ3) is 7.03. The van der Waals surface area contributed by atoms with E-state index in [0.717, 1.165) is 55.9 Å². The average Bonchev–Trinajstić information content (AvgIpc) is 2.68. The zero-order chi connectivity index (χ0) is 19.6. The molecule has 1 unspecified atom stereocenters. The highest BCUT2D eigenvalue weighted by atomic mass is 16.5. The number of aryl methyl sites for hydroxylation is 1. The van der Waals surface area contributed by atoms with Gasteiger partial charge in [0.2, 0.25) is 0 Å². The predicted octanol–water partition coefficient (Wildman–Crippen LogP) is 2.78. The number of ether oxygens (including phenoxy) is 1. The highest BCUT2D eigenvalue weighted by molar-refractivity contribution is 5.74. The Bertz CT molecular complexity index is 586. The monoisotopic (exact) mass is 376 g/mol. The molecule has 1 saturated heterocycles. The van der Waals surface area contributed by atoms with E-state index in [1.54, 1.807) is 7.11 Å². The number of hydrogen-bond acceptors (Lipinski definition) is 4. The molecule has 6 heteroatoms. The fourth-order valence-corrected chi connectivity index (χ4v) is 3.51. The van der Waals surface area contributed by atoms with Crippen LogP contribution >= 0.6 is 0 Å². The van der Waals surface area contributed by atoms with Crippen LogP contribution in [0.2, 0.25) is 0 Å². The van der Waals surface area contributed by atoms with Gasteiger partial charge in [-0.05, 0) is 45.8 Å². The Labute approximate surface area is 164 Å². The standard InChI is InChI=1S/C21H36N4O2/c1-5-24-12-14-25(15-13-24)11-7-6-10-22-21(26)23-18(3)19-16-17(2)8-9-20(19)27-4/h8-9,16,18H,5-7,10-15H2,1-4H3,(H2,22,23,26). The number of amides is 2. The molecule has 2 rings (SSSR count). The summed E-state index contributed by atoms with van der Waals surface area (Å²) < 4.78 is 5.41. The summed E-state index contributed by atoms with van der Waals surface area (Å²) in [6.07, 6.45) is 2.12. The van der Waals surface area contributed by atoms with Crippen LogP contribution in [0.15, 0.2) is 18.2 Å². The van der Waals surface area contributed by atoms with Gasteiger partial charge in [-0.25, -0.2) is 4.79 Å². The number of carbonyl (C=O) groups is 1. The molecule has 0 bridgehead atoms. The highest BCUT2D eigenvalue weighted by Gasteiger charge is 2.15. The molecular weight excluding hydrogens is 340 g/mol.